The average molecular weight is 302 g/mol. The van der Waals surface area contributed by atoms with Gasteiger partial charge in [-0.25, -0.2) is 0 Å². The first-order chi connectivity index (χ1) is 9.88. The van der Waals surface area contributed by atoms with Gasteiger partial charge >= 0.3 is 6.18 Å². The van der Waals surface area contributed by atoms with Crippen LogP contribution in [0.15, 0.2) is 18.3 Å². The molecule has 1 aromatic rings. The van der Waals surface area contributed by atoms with Crippen molar-refractivity contribution in [3.8, 4) is 0 Å². The van der Waals surface area contributed by atoms with Crippen LogP contribution in [0.25, 0.3) is 0 Å². The number of hydrogen-bond acceptors (Lipinski definition) is 3. The van der Waals surface area contributed by atoms with Gasteiger partial charge in [-0.1, -0.05) is 12.8 Å². The summed E-state index contributed by atoms with van der Waals surface area (Å²) in [6.45, 7) is 0.102. The molecular weight excluding hydrogens is 285 g/mol. The second-order valence-corrected chi connectivity index (χ2v) is 5.25. The van der Waals surface area contributed by atoms with E-state index in [0.717, 1.165) is 44.0 Å². The van der Waals surface area contributed by atoms with Crippen molar-refractivity contribution in [3.63, 3.8) is 0 Å². The number of carbonyl (C=O) groups is 1. The largest absolute Gasteiger partial charge is 0.433 e. The maximum absolute atomic E-state index is 12.4. The summed E-state index contributed by atoms with van der Waals surface area (Å²) in [7, 11) is 0. The average Bonchev–Trinajstić information content (AvgIpc) is 2.98. The number of aromatic nitrogens is 1. The second-order valence-electron chi connectivity index (χ2n) is 5.25. The van der Waals surface area contributed by atoms with Crippen LogP contribution in [0.1, 0.15) is 41.7 Å². The topological polar surface area (TPSA) is 62.2 Å². The number of nitrogens with one attached hydrogen (secondary N) is 1. The Labute approximate surface area is 120 Å². The van der Waals surface area contributed by atoms with Crippen LogP contribution in [0.4, 0.5) is 13.2 Å². The van der Waals surface area contributed by atoms with E-state index in [0.29, 0.717) is 0 Å². The fourth-order valence-electron chi connectivity index (χ4n) is 2.50. The smallest absolute Gasteiger partial charge is 0.391 e. The van der Waals surface area contributed by atoms with Gasteiger partial charge in [0.05, 0.1) is 11.7 Å². The predicted molar refractivity (Wildman–Crippen MR) is 69.5 cm³/mol. The van der Waals surface area contributed by atoms with Crippen molar-refractivity contribution in [1.82, 2.24) is 10.3 Å². The first-order valence-corrected chi connectivity index (χ1v) is 6.87. The third kappa shape index (κ3) is 4.17. The molecule has 2 rings (SSSR count). The highest BCUT2D eigenvalue weighted by molar-refractivity contribution is 5.93. The number of hydrogen-bond donors (Lipinski definition) is 2. The summed E-state index contributed by atoms with van der Waals surface area (Å²) >= 11 is 0. The Morgan fingerprint density at radius 1 is 1.38 bits per heavy atom. The lowest BCUT2D eigenvalue weighted by Crippen LogP contribution is -2.35. The Morgan fingerprint density at radius 3 is 2.57 bits per heavy atom. The van der Waals surface area contributed by atoms with E-state index in [1.807, 2.05) is 0 Å². The first-order valence-electron chi connectivity index (χ1n) is 6.87. The zero-order valence-electron chi connectivity index (χ0n) is 11.4. The van der Waals surface area contributed by atoms with E-state index in [1.165, 1.54) is 0 Å². The van der Waals surface area contributed by atoms with E-state index in [2.05, 4.69) is 10.3 Å². The number of carbonyl (C=O) groups excluding carboxylic acids is 1. The number of amides is 1. The Kier molecular flexibility index (Phi) is 4.82. The van der Waals surface area contributed by atoms with Crippen molar-refractivity contribution in [2.75, 3.05) is 6.54 Å². The van der Waals surface area contributed by atoms with Gasteiger partial charge < -0.3 is 10.4 Å². The van der Waals surface area contributed by atoms with Gasteiger partial charge in [0.1, 0.15) is 5.69 Å². The molecule has 2 N–H and O–H groups in total. The summed E-state index contributed by atoms with van der Waals surface area (Å²) < 4.78 is 37.1. The van der Waals surface area contributed by atoms with Gasteiger partial charge in [-0.3, -0.25) is 9.78 Å². The number of halogens is 3. The Hall–Kier alpha value is -1.63. The standard InChI is InChI=1S/C14H17F3N2O2/c15-14(16,17)12-6-5-10(7-18-12)13(21)19-8-11(20)9-3-1-2-4-9/h5-7,9,11,20H,1-4,8H2,(H,19,21). The predicted octanol–water partition coefficient (Wildman–Crippen LogP) is 2.38. The highest BCUT2D eigenvalue weighted by Crippen LogP contribution is 2.28. The quantitative estimate of drug-likeness (QED) is 0.897. The van der Waals surface area contributed by atoms with E-state index in [-0.39, 0.29) is 18.0 Å². The van der Waals surface area contributed by atoms with E-state index in [9.17, 15) is 23.1 Å². The SMILES string of the molecule is O=C(NCC(O)C1CCCC1)c1ccc(C(F)(F)F)nc1. The maximum Gasteiger partial charge on any atom is 0.433 e. The zero-order valence-corrected chi connectivity index (χ0v) is 11.4. The lowest BCUT2D eigenvalue weighted by molar-refractivity contribution is -0.141. The van der Waals surface area contributed by atoms with Crippen molar-refractivity contribution in [2.24, 2.45) is 5.92 Å². The zero-order chi connectivity index (χ0) is 15.5. The summed E-state index contributed by atoms with van der Waals surface area (Å²) in [6, 6.07) is 1.84. The second kappa shape index (κ2) is 6.43. The molecule has 0 aromatic carbocycles. The van der Waals surface area contributed by atoms with E-state index in [1.54, 1.807) is 0 Å². The molecule has 116 valence electrons. The van der Waals surface area contributed by atoms with Crippen LogP contribution < -0.4 is 5.32 Å². The van der Waals surface area contributed by atoms with Crippen LogP contribution in [-0.2, 0) is 6.18 Å². The van der Waals surface area contributed by atoms with Gasteiger partial charge in [0.2, 0.25) is 0 Å². The van der Waals surface area contributed by atoms with Crippen LogP contribution in [0.5, 0.6) is 0 Å². The minimum absolute atomic E-state index is 0.0432. The molecule has 0 radical (unpaired) electrons. The number of alkyl halides is 3. The normalized spacial score (nSPS) is 17.7. The molecule has 21 heavy (non-hydrogen) atoms. The van der Waals surface area contributed by atoms with Crippen LogP contribution in [-0.4, -0.2) is 28.6 Å². The molecule has 1 unspecified atom stereocenters. The van der Waals surface area contributed by atoms with Crippen molar-refractivity contribution in [2.45, 2.75) is 38.0 Å². The number of pyridine rings is 1. The minimum atomic E-state index is -4.52. The Morgan fingerprint density at radius 2 is 2.05 bits per heavy atom. The molecule has 1 aliphatic carbocycles. The van der Waals surface area contributed by atoms with Gasteiger partial charge in [0.25, 0.3) is 5.91 Å². The molecule has 7 heteroatoms. The monoisotopic (exact) mass is 302 g/mol. The first kappa shape index (κ1) is 15.8. The van der Waals surface area contributed by atoms with Crippen molar-refractivity contribution in [1.29, 1.82) is 0 Å². The van der Waals surface area contributed by atoms with E-state index in [4.69, 9.17) is 0 Å². The van der Waals surface area contributed by atoms with Crippen LogP contribution in [0.2, 0.25) is 0 Å². The molecule has 0 spiro atoms. The summed E-state index contributed by atoms with van der Waals surface area (Å²) in [5, 5.41) is 12.4. The van der Waals surface area contributed by atoms with Gasteiger partial charge in [0.15, 0.2) is 0 Å². The van der Waals surface area contributed by atoms with Gasteiger partial charge in [-0.2, -0.15) is 13.2 Å². The van der Waals surface area contributed by atoms with Crippen molar-refractivity contribution >= 4 is 5.91 Å². The summed E-state index contributed by atoms with van der Waals surface area (Å²) in [5.74, 6) is -0.343. The molecule has 1 heterocycles. The van der Waals surface area contributed by atoms with E-state index >= 15 is 0 Å². The molecular formula is C14H17F3N2O2. The number of aliphatic hydroxyl groups excluding tert-OH is 1. The molecule has 1 aromatic heterocycles. The Bertz CT molecular complexity index is 482. The Balaban J connectivity index is 1.88. The van der Waals surface area contributed by atoms with Crippen LogP contribution >= 0.6 is 0 Å². The lowest BCUT2D eigenvalue weighted by atomic mass is 10.0. The maximum atomic E-state index is 12.4. The number of rotatable bonds is 4. The summed E-state index contributed by atoms with van der Waals surface area (Å²) in [4.78, 5) is 15.0. The minimum Gasteiger partial charge on any atom is -0.391 e. The van der Waals surface area contributed by atoms with Gasteiger partial charge in [-0.05, 0) is 30.9 Å². The van der Waals surface area contributed by atoms with Gasteiger partial charge in [0, 0.05) is 12.7 Å². The molecule has 0 saturated heterocycles. The number of nitrogens with zero attached hydrogens (tertiary/aromatic N) is 1. The highest BCUT2D eigenvalue weighted by atomic mass is 19.4. The fourth-order valence-corrected chi connectivity index (χ4v) is 2.50. The molecule has 4 nitrogen and oxygen atoms in total. The lowest BCUT2D eigenvalue weighted by Gasteiger charge is -2.18. The van der Waals surface area contributed by atoms with Gasteiger partial charge in [-0.15, -0.1) is 0 Å². The summed E-state index contributed by atoms with van der Waals surface area (Å²) in [6.07, 6.45) is -0.193. The summed E-state index contributed by atoms with van der Waals surface area (Å²) in [5.41, 5.74) is -0.994. The molecule has 1 atom stereocenters. The van der Waals surface area contributed by atoms with Crippen LogP contribution in [0, 0.1) is 5.92 Å². The molecule has 0 aliphatic heterocycles. The fraction of sp³-hybridized carbons (Fsp3) is 0.571. The van der Waals surface area contributed by atoms with E-state index < -0.39 is 23.9 Å². The molecule has 1 saturated carbocycles. The third-order valence-electron chi connectivity index (χ3n) is 3.73. The van der Waals surface area contributed by atoms with Crippen molar-refractivity contribution < 1.29 is 23.1 Å². The van der Waals surface area contributed by atoms with Crippen molar-refractivity contribution in [3.05, 3.63) is 29.6 Å². The van der Waals surface area contributed by atoms with Crippen LogP contribution in [0.3, 0.4) is 0 Å². The molecule has 1 aliphatic rings. The third-order valence-corrected chi connectivity index (χ3v) is 3.73. The molecule has 0 bridgehead atoms. The highest BCUT2D eigenvalue weighted by Gasteiger charge is 2.32. The molecule has 1 amide bonds. The number of aliphatic hydroxyl groups is 1. The molecule has 1 fully saturated rings.